The van der Waals surface area contributed by atoms with Crippen molar-refractivity contribution in [1.82, 2.24) is 5.32 Å². The first-order valence-corrected chi connectivity index (χ1v) is 8.83. The van der Waals surface area contributed by atoms with Crippen LogP contribution in [0.4, 0.5) is 0 Å². The number of hydrogen-bond donors (Lipinski definition) is 1. The molecule has 0 aromatic heterocycles. The van der Waals surface area contributed by atoms with Crippen LogP contribution in [0.15, 0.2) is 0 Å². The number of carbonyl (C=O) groups excluding carboxylic acids is 1. The van der Waals surface area contributed by atoms with Gasteiger partial charge >= 0.3 is 5.97 Å². The highest BCUT2D eigenvalue weighted by atomic mass is 32.2. The van der Waals surface area contributed by atoms with Gasteiger partial charge in [-0.1, -0.05) is 19.8 Å². The normalized spacial score (nSPS) is 22.6. The molecule has 4 heteroatoms. The maximum Gasteiger partial charge on any atom is 0.305 e. The van der Waals surface area contributed by atoms with Crippen LogP contribution in [0.1, 0.15) is 58.8 Å². The maximum atomic E-state index is 11.2. The molecule has 1 rings (SSSR count). The van der Waals surface area contributed by atoms with Crippen molar-refractivity contribution in [3.05, 3.63) is 0 Å². The van der Waals surface area contributed by atoms with Crippen molar-refractivity contribution in [1.29, 1.82) is 0 Å². The number of thioether (sulfide) groups is 1. The molecule has 0 aromatic carbocycles. The van der Waals surface area contributed by atoms with E-state index in [1.807, 2.05) is 6.92 Å². The molecule has 0 bridgehead atoms. The first-order chi connectivity index (χ1) is 9.27. The molecule has 2 unspecified atom stereocenters. The molecule has 0 aromatic rings. The fourth-order valence-electron chi connectivity index (χ4n) is 2.66. The predicted octanol–water partition coefficient (Wildman–Crippen LogP) is 3.37. The number of ether oxygens (including phenoxy) is 1. The first kappa shape index (κ1) is 16.8. The highest BCUT2D eigenvalue weighted by Crippen LogP contribution is 2.29. The fourth-order valence-corrected chi connectivity index (χ4v) is 3.89. The summed E-state index contributed by atoms with van der Waals surface area (Å²) in [6, 6.07) is 0.718. The molecular formula is C15H29NO2S. The van der Waals surface area contributed by atoms with Crippen LogP contribution in [0.5, 0.6) is 0 Å². The van der Waals surface area contributed by atoms with Crippen molar-refractivity contribution in [3.8, 4) is 0 Å². The number of esters is 1. The summed E-state index contributed by atoms with van der Waals surface area (Å²) in [5.74, 6) is 1.17. The Hall–Kier alpha value is -0.220. The molecule has 2 atom stereocenters. The number of carbonyl (C=O) groups is 1. The van der Waals surface area contributed by atoms with Crippen LogP contribution in [-0.2, 0) is 9.53 Å². The fraction of sp³-hybridized carbons (Fsp3) is 0.933. The number of rotatable bonds is 10. The summed E-state index contributed by atoms with van der Waals surface area (Å²) in [5.41, 5.74) is 0. The van der Waals surface area contributed by atoms with Crippen LogP contribution in [0, 0.1) is 0 Å². The Morgan fingerprint density at radius 2 is 2.11 bits per heavy atom. The largest absolute Gasteiger partial charge is 0.466 e. The van der Waals surface area contributed by atoms with E-state index in [4.69, 9.17) is 4.74 Å². The quantitative estimate of drug-likeness (QED) is 0.494. The van der Waals surface area contributed by atoms with E-state index >= 15 is 0 Å². The number of unbranched alkanes of at least 4 members (excludes halogenated alkanes) is 2. The van der Waals surface area contributed by atoms with E-state index in [2.05, 4.69) is 24.0 Å². The third-order valence-corrected chi connectivity index (χ3v) is 4.93. The van der Waals surface area contributed by atoms with Gasteiger partial charge < -0.3 is 10.1 Å². The summed E-state index contributed by atoms with van der Waals surface area (Å²) in [6.07, 6.45) is 7.89. The smallest absolute Gasteiger partial charge is 0.305 e. The number of nitrogens with one attached hydrogen (secondary N) is 1. The Morgan fingerprint density at radius 1 is 1.26 bits per heavy atom. The predicted molar refractivity (Wildman–Crippen MR) is 82.7 cm³/mol. The van der Waals surface area contributed by atoms with Gasteiger partial charge in [-0.05, 0) is 44.9 Å². The van der Waals surface area contributed by atoms with Crippen LogP contribution in [0.2, 0.25) is 0 Å². The second-order valence-corrected chi connectivity index (χ2v) is 6.62. The van der Waals surface area contributed by atoms with Crippen LogP contribution < -0.4 is 5.32 Å². The molecule has 3 nitrogen and oxygen atoms in total. The molecular weight excluding hydrogens is 258 g/mol. The van der Waals surface area contributed by atoms with Crippen LogP contribution in [0.25, 0.3) is 0 Å². The summed E-state index contributed by atoms with van der Waals surface area (Å²) >= 11 is 2.10. The van der Waals surface area contributed by atoms with E-state index < -0.39 is 0 Å². The molecule has 1 aliphatic rings. The zero-order valence-corrected chi connectivity index (χ0v) is 13.3. The minimum absolute atomic E-state index is 0.0503. The monoisotopic (exact) mass is 287 g/mol. The Morgan fingerprint density at radius 3 is 2.84 bits per heavy atom. The van der Waals surface area contributed by atoms with Gasteiger partial charge in [-0.2, -0.15) is 11.8 Å². The molecule has 0 radical (unpaired) electrons. The summed E-state index contributed by atoms with van der Waals surface area (Å²) in [5, 5.41) is 4.52. The lowest BCUT2D eigenvalue weighted by Gasteiger charge is -2.20. The Balaban J connectivity index is 1.97. The minimum Gasteiger partial charge on any atom is -0.466 e. The third kappa shape index (κ3) is 7.21. The molecule has 1 N–H and O–H groups in total. The van der Waals surface area contributed by atoms with Crippen LogP contribution >= 0.6 is 11.8 Å². The van der Waals surface area contributed by atoms with Gasteiger partial charge in [-0.15, -0.1) is 0 Å². The molecule has 0 aliphatic heterocycles. The second-order valence-electron chi connectivity index (χ2n) is 5.10. The van der Waals surface area contributed by atoms with Gasteiger partial charge in [0, 0.05) is 17.7 Å². The van der Waals surface area contributed by atoms with Crippen molar-refractivity contribution >= 4 is 17.7 Å². The standard InChI is InChI=1S/C15H29NO2S/c1-3-18-15(17)11-6-5-7-12-16-13-9-8-10-14(13)19-4-2/h13-14,16H,3-12H2,1-2H3. The van der Waals surface area contributed by atoms with E-state index in [9.17, 15) is 4.79 Å². The zero-order chi connectivity index (χ0) is 13.9. The summed E-state index contributed by atoms with van der Waals surface area (Å²) in [7, 11) is 0. The highest BCUT2D eigenvalue weighted by Gasteiger charge is 2.26. The lowest BCUT2D eigenvalue weighted by Crippen LogP contribution is -2.34. The molecule has 0 amide bonds. The maximum absolute atomic E-state index is 11.2. The van der Waals surface area contributed by atoms with Gasteiger partial charge in [0.05, 0.1) is 6.61 Å². The zero-order valence-electron chi connectivity index (χ0n) is 12.5. The van der Waals surface area contributed by atoms with Gasteiger partial charge in [-0.25, -0.2) is 0 Å². The molecule has 1 saturated carbocycles. The molecule has 112 valence electrons. The van der Waals surface area contributed by atoms with Gasteiger partial charge in [0.2, 0.25) is 0 Å². The van der Waals surface area contributed by atoms with E-state index in [1.54, 1.807) is 0 Å². The van der Waals surface area contributed by atoms with E-state index in [0.717, 1.165) is 30.7 Å². The summed E-state index contributed by atoms with van der Waals surface area (Å²) < 4.78 is 4.91. The molecule has 19 heavy (non-hydrogen) atoms. The molecule has 1 fully saturated rings. The van der Waals surface area contributed by atoms with Gasteiger partial charge in [0.15, 0.2) is 0 Å². The molecule has 1 aliphatic carbocycles. The topological polar surface area (TPSA) is 38.3 Å². The second kappa shape index (κ2) is 10.6. The average molecular weight is 287 g/mol. The lowest BCUT2D eigenvalue weighted by molar-refractivity contribution is -0.143. The van der Waals surface area contributed by atoms with E-state index in [0.29, 0.717) is 13.0 Å². The molecule has 0 saturated heterocycles. The SMILES string of the molecule is CCOC(=O)CCCCCNC1CCCC1SCC. The Labute approximate surface area is 122 Å². The Bertz CT molecular complexity index is 248. The highest BCUT2D eigenvalue weighted by molar-refractivity contribution is 7.99. The van der Waals surface area contributed by atoms with Gasteiger partial charge in [-0.3, -0.25) is 4.79 Å². The third-order valence-electron chi connectivity index (χ3n) is 3.60. The van der Waals surface area contributed by atoms with Crippen LogP contribution in [0.3, 0.4) is 0 Å². The van der Waals surface area contributed by atoms with Crippen molar-refractivity contribution in [2.24, 2.45) is 0 Å². The number of hydrogen-bond acceptors (Lipinski definition) is 4. The lowest BCUT2D eigenvalue weighted by atomic mass is 10.2. The van der Waals surface area contributed by atoms with E-state index in [-0.39, 0.29) is 5.97 Å². The summed E-state index contributed by atoms with van der Waals surface area (Å²) in [6.45, 7) is 5.69. The van der Waals surface area contributed by atoms with Gasteiger partial charge in [0.1, 0.15) is 0 Å². The summed E-state index contributed by atoms with van der Waals surface area (Å²) in [4.78, 5) is 11.2. The van der Waals surface area contributed by atoms with E-state index in [1.165, 1.54) is 31.4 Å². The molecule has 0 spiro atoms. The van der Waals surface area contributed by atoms with Crippen LogP contribution in [-0.4, -0.2) is 36.2 Å². The van der Waals surface area contributed by atoms with Gasteiger partial charge in [0.25, 0.3) is 0 Å². The minimum atomic E-state index is -0.0503. The van der Waals surface area contributed by atoms with Crippen molar-refractivity contribution in [3.63, 3.8) is 0 Å². The first-order valence-electron chi connectivity index (χ1n) is 7.78. The van der Waals surface area contributed by atoms with Crippen molar-refractivity contribution in [2.45, 2.75) is 70.1 Å². The van der Waals surface area contributed by atoms with Crippen molar-refractivity contribution in [2.75, 3.05) is 18.9 Å². The average Bonchev–Trinajstić information content (AvgIpc) is 2.82. The molecule has 0 heterocycles. The van der Waals surface area contributed by atoms with Crippen molar-refractivity contribution < 1.29 is 9.53 Å². The Kier molecular flexibility index (Phi) is 9.35.